The van der Waals surface area contributed by atoms with Crippen LogP contribution in [0.2, 0.25) is 0 Å². The Hall–Kier alpha value is -0.0800. The SMILES string of the molecule is CCN(CC)CC(C)NCCCC1CCCCC1. The van der Waals surface area contributed by atoms with E-state index in [2.05, 4.69) is 31.0 Å². The van der Waals surface area contributed by atoms with Crippen LogP contribution in [0, 0.1) is 5.92 Å². The lowest BCUT2D eigenvalue weighted by atomic mass is 9.86. The molecule has 0 bridgehead atoms. The lowest BCUT2D eigenvalue weighted by Crippen LogP contribution is -2.39. The van der Waals surface area contributed by atoms with Crippen LogP contribution in [0.3, 0.4) is 0 Å². The van der Waals surface area contributed by atoms with Gasteiger partial charge in [-0.1, -0.05) is 46.0 Å². The van der Waals surface area contributed by atoms with Gasteiger partial charge in [0.15, 0.2) is 0 Å². The second-order valence-corrected chi connectivity index (χ2v) is 5.99. The maximum atomic E-state index is 3.68. The zero-order valence-corrected chi connectivity index (χ0v) is 12.9. The van der Waals surface area contributed by atoms with Crippen LogP contribution in [0.5, 0.6) is 0 Å². The molecule has 1 N–H and O–H groups in total. The molecule has 1 aliphatic carbocycles. The average Bonchev–Trinajstić information content (AvgIpc) is 2.42. The van der Waals surface area contributed by atoms with Crippen LogP contribution < -0.4 is 5.32 Å². The molecule has 0 aromatic heterocycles. The largest absolute Gasteiger partial charge is 0.313 e. The molecule has 0 amide bonds. The molecule has 1 unspecified atom stereocenters. The van der Waals surface area contributed by atoms with Gasteiger partial charge in [-0.05, 0) is 45.3 Å². The van der Waals surface area contributed by atoms with Crippen molar-refractivity contribution < 1.29 is 0 Å². The molecular weight excluding hydrogens is 220 g/mol. The minimum Gasteiger partial charge on any atom is -0.313 e. The molecule has 1 saturated carbocycles. The topological polar surface area (TPSA) is 15.3 Å². The number of nitrogens with zero attached hydrogens (tertiary/aromatic N) is 1. The van der Waals surface area contributed by atoms with E-state index < -0.39 is 0 Å². The molecule has 0 heterocycles. The second kappa shape index (κ2) is 9.80. The van der Waals surface area contributed by atoms with E-state index in [0.29, 0.717) is 6.04 Å². The summed E-state index contributed by atoms with van der Waals surface area (Å²) in [4.78, 5) is 2.50. The third-order valence-electron chi connectivity index (χ3n) is 4.43. The molecule has 2 heteroatoms. The molecule has 0 saturated heterocycles. The van der Waals surface area contributed by atoms with Gasteiger partial charge in [0.05, 0.1) is 0 Å². The van der Waals surface area contributed by atoms with Crippen LogP contribution in [0.1, 0.15) is 65.7 Å². The molecule has 18 heavy (non-hydrogen) atoms. The van der Waals surface area contributed by atoms with E-state index in [1.165, 1.54) is 71.1 Å². The summed E-state index contributed by atoms with van der Waals surface area (Å²) < 4.78 is 0. The van der Waals surface area contributed by atoms with E-state index in [9.17, 15) is 0 Å². The summed E-state index contributed by atoms with van der Waals surface area (Å²) in [5, 5.41) is 3.68. The fourth-order valence-corrected chi connectivity index (χ4v) is 3.15. The van der Waals surface area contributed by atoms with Crippen LogP contribution in [0.15, 0.2) is 0 Å². The van der Waals surface area contributed by atoms with Crippen molar-refractivity contribution in [3.63, 3.8) is 0 Å². The highest BCUT2D eigenvalue weighted by Crippen LogP contribution is 2.26. The zero-order chi connectivity index (χ0) is 13.2. The van der Waals surface area contributed by atoms with E-state index in [-0.39, 0.29) is 0 Å². The van der Waals surface area contributed by atoms with Crippen LogP contribution >= 0.6 is 0 Å². The Kier molecular flexibility index (Phi) is 8.70. The molecule has 108 valence electrons. The van der Waals surface area contributed by atoms with Crippen molar-refractivity contribution in [1.29, 1.82) is 0 Å². The predicted molar refractivity (Wildman–Crippen MR) is 81.1 cm³/mol. The molecule has 1 atom stereocenters. The minimum absolute atomic E-state index is 0.635. The first-order valence-corrected chi connectivity index (χ1v) is 8.22. The van der Waals surface area contributed by atoms with Gasteiger partial charge in [0.1, 0.15) is 0 Å². The smallest absolute Gasteiger partial charge is 0.0166 e. The number of hydrogen-bond acceptors (Lipinski definition) is 2. The summed E-state index contributed by atoms with van der Waals surface area (Å²) in [6.07, 6.45) is 10.3. The Balaban J connectivity index is 1.99. The number of likely N-dealkylation sites (N-methyl/N-ethyl adjacent to an activating group) is 1. The zero-order valence-electron chi connectivity index (χ0n) is 12.9. The van der Waals surface area contributed by atoms with Crippen molar-refractivity contribution >= 4 is 0 Å². The van der Waals surface area contributed by atoms with Gasteiger partial charge in [-0.3, -0.25) is 0 Å². The van der Waals surface area contributed by atoms with E-state index >= 15 is 0 Å². The van der Waals surface area contributed by atoms with Gasteiger partial charge in [0.2, 0.25) is 0 Å². The van der Waals surface area contributed by atoms with Crippen molar-refractivity contribution in [1.82, 2.24) is 10.2 Å². The van der Waals surface area contributed by atoms with Crippen molar-refractivity contribution in [3.8, 4) is 0 Å². The summed E-state index contributed by atoms with van der Waals surface area (Å²) in [5.74, 6) is 1.04. The first-order chi connectivity index (χ1) is 8.76. The Morgan fingerprint density at radius 3 is 2.39 bits per heavy atom. The third-order valence-corrected chi connectivity index (χ3v) is 4.43. The molecule has 1 rings (SSSR count). The first-order valence-electron chi connectivity index (χ1n) is 8.22. The minimum atomic E-state index is 0.635. The maximum Gasteiger partial charge on any atom is 0.0166 e. The summed E-state index contributed by atoms with van der Waals surface area (Å²) in [5.41, 5.74) is 0. The third kappa shape index (κ3) is 6.75. The standard InChI is InChI=1S/C16H34N2/c1-4-18(5-2)14-15(3)17-13-9-12-16-10-7-6-8-11-16/h15-17H,4-14H2,1-3H3. The molecule has 1 fully saturated rings. The molecule has 0 radical (unpaired) electrons. The molecule has 1 aliphatic rings. The summed E-state index contributed by atoms with van der Waals surface area (Å²) in [6.45, 7) is 11.6. The van der Waals surface area contributed by atoms with E-state index in [0.717, 1.165) is 5.92 Å². The summed E-state index contributed by atoms with van der Waals surface area (Å²) in [6, 6.07) is 0.635. The number of nitrogens with one attached hydrogen (secondary N) is 1. The van der Waals surface area contributed by atoms with Gasteiger partial charge in [0.25, 0.3) is 0 Å². The van der Waals surface area contributed by atoms with Gasteiger partial charge < -0.3 is 10.2 Å². The van der Waals surface area contributed by atoms with Gasteiger partial charge in [-0.15, -0.1) is 0 Å². The fraction of sp³-hybridized carbons (Fsp3) is 1.00. The quantitative estimate of drug-likeness (QED) is 0.632. The van der Waals surface area contributed by atoms with Gasteiger partial charge in [-0.25, -0.2) is 0 Å². The molecule has 0 spiro atoms. The highest BCUT2D eigenvalue weighted by Gasteiger charge is 2.13. The van der Waals surface area contributed by atoms with Crippen LogP contribution in [0.25, 0.3) is 0 Å². The van der Waals surface area contributed by atoms with Crippen molar-refractivity contribution in [2.24, 2.45) is 5.92 Å². The van der Waals surface area contributed by atoms with Crippen LogP contribution in [-0.2, 0) is 0 Å². The average molecular weight is 254 g/mol. The van der Waals surface area contributed by atoms with E-state index in [4.69, 9.17) is 0 Å². The predicted octanol–water partition coefficient (Wildman–Crippen LogP) is 3.67. The molecule has 2 nitrogen and oxygen atoms in total. The van der Waals surface area contributed by atoms with Crippen molar-refractivity contribution in [2.45, 2.75) is 71.8 Å². The molecular formula is C16H34N2. The van der Waals surface area contributed by atoms with Gasteiger partial charge in [-0.2, -0.15) is 0 Å². The first kappa shape index (κ1) is 16.0. The molecule has 0 aromatic rings. The lowest BCUT2D eigenvalue weighted by Gasteiger charge is -2.24. The van der Waals surface area contributed by atoms with Gasteiger partial charge in [0, 0.05) is 12.6 Å². The Labute approximate surface area is 115 Å². The van der Waals surface area contributed by atoms with Crippen molar-refractivity contribution in [2.75, 3.05) is 26.2 Å². The Morgan fingerprint density at radius 1 is 1.11 bits per heavy atom. The van der Waals surface area contributed by atoms with E-state index in [1.807, 2.05) is 0 Å². The van der Waals surface area contributed by atoms with Crippen LogP contribution in [0.4, 0.5) is 0 Å². The monoisotopic (exact) mass is 254 g/mol. The fourth-order valence-electron chi connectivity index (χ4n) is 3.15. The lowest BCUT2D eigenvalue weighted by molar-refractivity contribution is 0.268. The highest BCUT2D eigenvalue weighted by atomic mass is 15.1. The molecule has 0 aromatic carbocycles. The summed E-state index contributed by atoms with van der Waals surface area (Å²) >= 11 is 0. The highest BCUT2D eigenvalue weighted by molar-refractivity contribution is 4.69. The van der Waals surface area contributed by atoms with Crippen molar-refractivity contribution in [3.05, 3.63) is 0 Å². The molecule has 0 aliphatic heterocycles. The summed E-state index contributed by atoms with van der Waals surface area (Å²) in [7, 11) is 0. The number of hydrogen-bond donors (Lipinski definition) is 1. The Bertz CT molecular complexity index is 184. The normalized spacial score (nSPS) is 19.3. The van der Waals surface area contributed by atoms with E-state index in [1.54, 1.807) is 0 Å². The maximum absolute atomic E-state index is 3.68. The second-order valence-electron chi connectivity index (χ2n) is 5.99. The Morgan fingerprint density at radius 2 is 1.78 bits per heavy atom. The van der Waals surface area contributed by atoms with Gasteiger partial charge >= 0.3 is 0 Å². The van der Waals surface area contributed by atoms with Crippen LogP contribution in [-0.4, -0.2) is 37.1 Å². The number of rotatable bonds is 9.